The molecule has 1 aliphatic heterocycles. The average molecular weight is 492 g/mol. The van der Waals surface area contributed by atoms with Crippen LogP contribution in [0.4, 0.5) is 4.39 Å². The summed E-state index contributed by atoms with van der Waals surface area (Å²) in [7, 11) is -2.76. The van der Waals surface area contributed by atoms with Crippen molar-refractivity contribution in [2.45, 2.75) is 37.8 Å². The van der Waals surface area contributed by atoms with E-state index in [0.29, 0.717) is 5.56 Å². The number of halogens is 1. The fraction of sp³-hybridized carbons (Fsp3) is 0.417. The normalized spacial score (nSPS) is 20.1. The zero-order valence-electron chi connectivity index (χ0n) is 19.7. The van der Waals surface area contributed by atoms with Crippen molar-refractivity contribution in [2.75, 3.05) is 26.7 Å². The molecular weight excluding hydrogens is 461 g/mol. The Morgan fingerprint density at radius 3 is 2.74 bits per heavy atom. The molecule has 0 saturated carbocycles. The number of nitrogens with zero attached hydrogens (tertiary/aromatic N) is 3. The van der Waals surface area contributed by atoms with Crippen molar-refractivity contribution >= 4 is 22.0 Å². The molecule has 3 rings (SSSR count). The molecule has 0 saturated heterocycles. The third kappa shape index (κ3) is 5.29. The maximum Gasteiger partial charge on any atom is 0.259 e. The van der Waals surface area contributed by atoms with Gasteiger partial charge in [0.1, 0.15) is 22.4 Å². The van der Waals surface area contributed by atoms with Crippen molar-refractivity contribution in [3.8, 4) is 5.88 Å². The van der Waals surface area contributed by atoms with Gasteiger partial charge in [-0.2, -0.15) is 4.31 Å². The molecule has 0 unspecified atom stereocenters. The fourth-order valence-electron chi connectivity index (χ4n) is 3.79. The number of likely N-dealkylation sites (N-methyl/N-ethyl adjacent to an activating group) is 1. The van der Waals surface area contributed by atoms with E-state index in [0.717, 1.165) is 10.4 Å². The van der Waals surface area contributed by atoms with E-state index in [-0.39, 0.29) is 43.0 Å². The standard InChI is InChI=1S/C24H30FN3O5S/c1-5-8-18-11-19-23(26-12-18)33-21(16(2)13-28(24(19)30)17(3)15-29)14-27(4)34(31,32)22-10-7-6-9-20(22)25/h5-12,16-17,21,29H,13-15H2,1-4H3/b8-5+/t16-,17+,21-/m1/s1. The highest BCUT2D eigenvalue weighted by Gasteiger charge is 2.36. The van der Waals surface area contributed by atoms with E-state index in [4.69, 9.17) is 4.74 Å². The first-order valence-electron chi connectivity index (χ1n) is 11.0. The van der Waals surface area contributed by atoms with Gasteiger partial charge in [0, 0.05) is 25.7 Å². The van der Waals surface area contributed by atoms with Gasteiger partial charge in [-0.1, -0.05) is 31.2 Å². The molecule has 3 atom stereocenters. The molecule has 184 valence electrons. The fourth-order valence-corrected chi connectivity index (χ4v) is 5.04. The van der Waals surface area contributed by atoms with Crippen LogP contribution in [-0.4, -0.2) is 72.5 Å². The number of sulfonamides is 1. The lowest BCUT2D eigenvalue weighted by atomic mass is 10.00. The molecule has 8 nitrogen and oxygen atoms in total. The molecule has 0 fully saturated rings. The van der Waals surface area contributed by atoms with Crippen LogP contribution in [0.2, 0.25) is 0 Å². The summed E-state index contributed by atoms with van der Waals surface area (Å²) in [5.74, 6) is -1.39. The highest BCUT2D eigenvalue weighted by atomic mass is 32.2. The lowest BCUT2D eigenvalue weighted by Crippen LogP contribution is -2.50. The van der Waals surface area contributed by atoms with Crippen molar-refractivity contribution < 1.29 is 27.4 Å². The molecule has 2 aromatic rings. The van der Waals surface area contributed by atoms with E-state index >= 15 is 0 Å². The van der Waals surface area contributed by atoms with Gasteiger partial charge in [0.15, 0.2) is 0 Å². The zero-order chi connectivity index (χ0) is 25.0. The number of carbonyl (C=O) groups is 1. The van der Waals surface area contributed by atoms with Gasteiger partial charge in [-0.25, -0.2) is 17.8 Å². The predicted octanol–water partition coefficient (Wildman–Crippen LogP) is 2.79. The second-order valence-corrected chi connectivity index (χ2v) is 10.5. The Kier molecular flexibility index (Phi) is 8.06. The van der Waals surface area contributed by atoms with Crippen molar-refractivity contribution in [2.24, 2.45) is 5.92 Å². The van der Waals surface area contributed by atoms with Gasteiger partial charge in [-0.15, -0.1) is 0 Å². The first-order chi connectivity index (χ1) is 16.1. The number of ether oxygens (including phenoxy) is 1. The van der Waals surface area contributed by atoms with Crippen LogP contribution >= 0.6 is 0 Å². The number of carbonyl (C=O) groups excluding carboxylic acids is 1. The molecule has 0 spiro atoms. The van der Waals surface area contributed by atoms with E-state index in [1.54, 1.807) is 30.2 Å². The van der Waals surface area contributed by atoms with Crippen LogP contribution in [0.25, 0.3) is 6.08 Å². The van der Waals surface area contributed by atoms with E-state index < -0.39 is 32.9 Å². The molecule has 1 aliphatic rings. The molecule has 0 bridgehead atoms. The summed E-state index contributed by atoms with van der Waals surface area (Å²) in [6, 6.07) is 6.39. The number of aliphatic hydroxyl groups excluding tert-OH is 1. The highest BCUT2D eigenvalue weighted by Crippen LogP contribution is 2.28. The smallest absolute Gasteiger partial charge is 0.259 e. The van der Waals surface area contributed by atoms with Gasteiger partial charge >= 0.3 is 0 Å². The lowest BCUT2D eigenvalue weighted by molar-refractivity contribution is 0.0373. The molecule has 1 amide bonds. The third-order valence-electron chi connectivity index (χ3n) is 5.86. The number of rotatable bonds is 7. The molecule has 1 aromatic heterocycles. The number of pyridine rings is 1. The Bertz CT molecular complexity index is 1170. The van der Waals surface area contributed by atoms with Gasteiger partial charge in [0.25, 0.3) is 5.91 Å². The van der Waals surface area contributed by atoms with Crippen LogP contribution < -0.4 is 4.74 Å². The summed E-state index contributed by atoms with van der Waals surface area (Å²) in [5, 5.41) is 9.74. The monoisotopic (exact) mass is 491 g/mol. The SMILES string of the molecule is C/C=C/c1cnc2c(c1)C(=O)N([C@@H](C)CO)C[C@@H](C)[C@@H](CN(C)S(=O)(=O)c1ccccc1F)O2. The minimum absolute atomic E-state index is 0.0848. The molecule has 1 aromatic carbocycles. The average Bonchev–Trinajstić information content (AvgIpc) is 2.81. The number of amides is 1. The summed E-state index contributed by atoms with van der Waals surface area (Å²) < 4.78 is 47.4. The third-order valence-corrected chi connectivity index (χ3v) is 7.72. The molecule has 34 heavy (non-hydrogen) atoms. The molecule has 10 heteroatoms. The van der Waals surface area contributed by atoms with Crippen molar-refractivity contribution in [1.29, 1.82) is 0 Å². The van der Waals surface area contributed by atoms with Gasteiger partial charge in [-0.3, -0.25) is 4.79 Å². The van der Waals surface area contributed by atoms with E-state index in [2.05, 4.69) is 4.98 Å². The maximum atomic E-state index is 14.2. The van der Waals surface area contributed by atoms with E-state index in [1.165, 1.54) is 25.2 Å². The van der Waals surface area contributed by atoms with Gasteiger partial charge in [0.05, 0.1) is 19.2 Å². The van der Waals surface area contributed by atoms with Crippen molar-refractivity contribution in [3.63, 3.8) is 0 Å². The Morgan fingerprint density at radius 1 is 1.38 bits per heavy atom. The van der Waals surface area contributed by atoms with Crippen LogP contribution in [0.15, 0.2) is 47.5 Å². The highest BCUT2D eigenvalue weighted by molar-refractivity contribution is 7.89. The summed E-state index contributed by atoms with van der Waals surface area (Å²) in [6.07, 6.45) is 4.49. The van der Waals surface area contributed by atoms with Crippen LogP contribution in [0.3, 0.4) is 0 Å². The van der Waals surface area contributed by atoms with Gasteiger partial charge in [0.2, 0.25) is 15.9 Å². The second kappa shape index (κ2) is 10.6. The Labute approximate surface area is 199 Å². The summed E-state index contributed by atoms with van der Waals surface area (Å²) in [4.78, 5) is 18.8. The van der Waals surface area contributed by atoms with Crippen LogP contribution in [0.5, 0.6) is 5.88 Å². The quantitative estimate of drug-likeness (QED) is 0.639. The van der Waals surface area contributed by atoms with Crippen LogP contribution in [-0.2, 0) is 10.0 Å². The Hall–Kier alpha value is -2.82. The van der Waals surface area contributed by atoms with E-state index in [1.807, 2.05) is 19.9 Å². The molecule has 0 aliphatic carbocycles. The zero-order valence-corrected chi connectivity index (χ0v) is 20.5. The van der Waals surface area contributed by atoms with Crippen molar-refractivity contribution in [3.05, 3.63) is 59.5 Å². The molecule has 1 N–H and O–H groups in total. The number of benzene rings is 1. The Balaban J connectivity index is 1.99. The number of fused-ring (bicyclic) bond motifs is 1. The molecule has 2 heterocycles. The summed E-state index contributed by atoms with van der Waals surface area (Å²) >= 11 is 0. The van der Waals surface area contributed by atoms with Crippen LogP contribution in [0, 0.1) is 11.7 Å². The summed E-state index contributed by atoms with van der Waals surface area (Å²) in [6.45, 7) is 5.32. The number of aliphatic hydroxyl groups is 1. The Morgan fingerprint density at radius 2 is 2.09 bits per heavy atom. The van der Waals surface area contributed by atoms with Gasteiger partial charge < -0.3 is 14.7 Å². The maximum absolute atomic E-state index is 14.2. The summed E-state index contributed by atoms with van der Waals surface area (Å²) in [5.41, 5.74) is 0.937. The largest absolute Gasteiger partial charge is 0.472 e. The van der Waals surface area contributed by atoms with Crippen LogP contribution in [0.1, 0.15) is 36.7 Å². The topological polar surface area (TPSA) is 100 Å². The second-order valence-electron chi connectivity index (χ2n) is 8.46. The minimum Gasteiger partial charge on any atom is -0.472 e. The number of aromatic nitrogens is 1. The first kappa shape index (κ1) is 25.8. The molecular formula is C24H30FN3O5S. The predicted molar refractivity (Wildman–Crippen MR) is 126 cm³/mol. The first-order valence-corrected chi connectivity index (χ1v) is 12.5. The van der Waals surface area contributed by atoms with Gasteiger partial charge in [-0.05, 0) is 37.6 Å². The number of allylic oxidation sites excluding steroid dienone is 1. The number of hydrogen-bond acceptors (Lipinski definition) is 6. The lowest BCUT2D eigenvalue weighted by Gasteiger charge is -2.37. The van der Waals surface area contributed by atoms with Crippen molar-refractivity contribution in [1.82, 2.24) is 14.2 Å². The van der Waals surface area contributed by atoms with E-state index in [9.17, 15) is 22.7 Å². The minimum atomic E-state index is -4.12. The number of hydrogen-bond donors (Lipinski definition) is 1. The molecule has 0 radical (unpaired) electrons.